The second-order valence-corrected chi connectivity index (χ2v) is 8.92. The largest absolute Gasteiger partial charge is 0.481 e. The molecule has 1 atom stereocenters. The molecule has 0 aromatic carbocycles. The predicted molar refractivity (Wildman–Crippen MR) is 130 cm³/mol. The minimum absolute atomic E-state index is 0.0808. The van der Waals surface area contributed by atoms with Crippen LogP contribution in [0.1, 0.15) is 59.8 Å². The van der Waals surface area contributed by atoms with Gasteiger partial charge in [0.15, 0.2) is 5.11 Å². The van der Waals surface area contributed by atoms with Crippen molar-refractivity contribution in [3.63, 3.8) is 0 Å². The van der Waals surface area contributed by atoms with E-state index in [0.717, 1.165) is 31.4 Å². The monoisotopic (exact) mass is 456 g/mol. The maximum absolute atomic E-state index is 11.4. The van der Waals surface area contributed by atoms with Crippen LogP contribution in [-0.2, 0) is 9.59 Å². The number of rotatable bonds is 15. The maximum atomic E-state index is 11.4. The van der Waals surface area contributed by atoms with Crippen LogP contribution in [0.25, 0.3) is 0 Å². The fourth-order valence-electron chi connectivity index (χ4n) is 2.39. The summed E-state index contributed by atoms with van der Waals surface area (Å²) in [7, 11) is 0. The lowest BCUT2D eigenvalue weighted by Crippen LogP contribution is -2.47. The van der Waals surface area contributed by atoms with Gasteiger partial charge in [0, 0.05) is 18.1 Å². The van der Waals surface area contributed by atoms with Crippen LogP contribution in [-0.4, -0.2) is 51.4 Å². The average Bonchev–Trinajstić information content (AvgIpc) is 2.63. The van der Waals surface area contributed by atoms with E-state index in [1.165, 1.54) is 28.5 Å². The van der Waals surface area contributed by atoms with E-state index >= 15 is 0 Å². The molecule has 6 nitrogen and oxygen atoms in total. The highest BCUT2D eigenvalue weighted by Crippen LogP contribution is 2.13. The van der Waals surface area contributed by atoms with E-state index in [0.29, 0.717) is 5.75 Å². The summed E-state index contributed by atoms with van der Waals surface area (Å²) in [5, 5.41) is 23.5. The van der Waals surface area contributed by atoms with Crippen LogP contribution in [0.3, 0.4) is 0 Å². The Bertz CT molecular complexity index is 654. The number of carboxylic acids is 2. The normalized spacial score (nSPS) is 12.8. The molecule has 0 aliphatic heterocycles. The Kier molecular flexibility index (Phi) is 15.9. The number of hydrogen-bond acceptors (Lipinski definition) is 4. The zero-order valence-corrected chi connectivity index (χ0v) is 20.1. The molecular weight excluding hydrogens is 420 g/mol. The summed E-state index contributed by atoms with van der Waals surface area (Å²) < 4.78 is 0. The second kappa shape index (κ2) is 16.9. The average molecular weight is 457 g/mol. The van der Waals surface area contributed by atoms with Gasteiger partial charge < -0.3 is 20.8 Å². The summed E-state index contributed by atoms with van der Waals surface area (Å²) in [5.74, 6) is -0.824. The topological polar surface area (TPSA) is 98.7 Å². The van der Waals surface area contributed by atoms with E-state index in [2.05, 4.69) is 56.6 Å². The molecule has 0 fully saturated rings. The molecule has 0 bridgehead atoms. The SMILES string of the molecule is CC(C)=CCCC(C)=CCCC(C)=CCSCC(NC(=S)NCCC(=O)O)C(=O)O. The van der Waals surface area contributed by atoms with E-state index in [-0.39, 0.29) is 18.1 Å². The third-order valence-electron chi connectivity index (χ3n) is 4.18. The van der Waals surface area contributed by atoms with Gasteiger partial charge in [0.05, 0.1) is 6.42 Å². The lowest BCUT2D eigenvalue weighted by Gasteiger charge is -2.16. The Morgan fingerprint density at radius 2 is 1.57 bits per heavy atom. The fraction of sp³-hybridized carbons (Fsp3) is 0.591. The van der Waals surface area contributed by atoms with Gasteiger partial charge in [-0.25, -0.2) is 4.79 Å². The molecule has 1 unspecified atom stereocenters. The molecule has 170 valence electrons. The van der Waals surface area contributed by atoms with Crippen molar-refractivity contribution in [1.82, 2.24) is 10.6 Å². The molecule has 0 saturated heterocycles. The highest BCUT2D eigenvalue weighted by atomic mass is 32.2. The van der Waals surface area contributed by atoms with Gasteiger partial charge in [0.2, 0.25) is 0 Å². The van der Waals surface area contributed by atoms with Gasteiger partial charge in [-0.05, 0) is 65.6 Å². The summed E-state index contributed by atoms with van der Waals surface area (Å²) in [6.45, 7) is 8.67. The molecule has 30 heavy (non-hydrogen) atoms. The molecule has 0 heterocycles. The van der Waals surface area contributed by atoms with Gasteiger partial charge >= 0.3 is 11.9 Å². The minimum atomic E-state index is -0.987. The molecule has 0 saturated carbocycles. The summed E-state index contributed by atoms with van der Waals surface area (Å²) in [6, 6.07) is -0.820. The third kappa shape index (κ3) is 17.1. The van der Waals surface area contributed by atoms with Crippen LogP contribution in [0.2, 0.25) is 0 Å². The Morgan fingerprint density at radius 3 is 2.13 bits per heavy atom. The molecule has 8 heteroatoms. The predicted octanol–water partition coefficient (Wildman–Crippen LogP) is 4.53. The summed E-state index contributed by atoms with van der Waals surface area (Å²) >= 11 is 6.54. The standard InChI is InChI=1S/C22H36N2O4S2/c1-16(2)7-5-8-17(3)9-6-10-18(4)12-14-30-15-19(21(27)28)24-22(29)23-13-11-20(25)26/h7,9,12,19H,5-6,8,10-11,13-15H2,1-4H3,(H,25,26)(H,27,28)(H2,23,24,29). The van der Waals surface area contributed by atoms with Crippen molar-refractivity contribution in [3.05, 3.63) is 34.9 Å². The number of nitrogens with one attached hydrogen (secondary N) is 2. The Hall–Kier alpha value is -1.80. The van der Waals surface area contributed by atoms with Crippen molar-refractivity contribution in [2.24, 2.45) is 0 Å². The van der Waals surface area contributed by atoms with Crippen molar-refractivity contribution in [2.45, 2.75) is 65.8 Å². The first-order valence-corrected chi connectivity index (χ1v) is 11.7. The van der Waals surface area contributed by atoms with Gasteiger partial charge in [0.1, 0.15) is 6.04 Å². The number of carbonyl (C=O) groups is 2. The van der Waals surface area contributed by atoms with Gasteiger partial charge in [-0.1, -0.05) is 34.9 Å². The number of thiocarbonyl (C=S) groups is 1. The quantitative estimate of drug-likeness (QED) is 0.162. The Morgan fingerprint density at radius 1 is 0.967 bits per heavy atom. The van der Waals surface area contributed by atoms with Crippen LogP contribution in [0.5, 0.6) is 0 Å². The number of allylic oxidation sites excluding steroid dienone is 5. The number of aliphatic carboxylic acids is 2. The first-order chi connectivity index (χ1) is 14.1. The molecule has 4 N–H and O–H groups in total. The molecule has 0 aromatic heterocycles. The molecule has 0 spiro atoms. The third-order valence-corrected chi connectivity index (χ3v) is 5.42. The summed E-state index contributed by atoms with van der Waals surface area (Å²) in [5.41, 5.74) is 4.07. The Balaban J connectivity index is 4.19. The minimum Gasteiger partial charge on any atom is -0.481 e. The molecular formula is C22H36N2O4S2. The van der Waals surface area contributed by atoms with Crippen molar-refractivity contribution in [2.75, 3.05) is 18.1 Å². The van der Waals surface area contributed by atoms with Crippen LogP contribution >= 0.6 is 24.0 Å². The smallest absolute Gasteiger partial charge is 0.327 e. The zero-order chi connectivity index (χ0) is 22.9. The highest BCUT2D eigenvalue weighted by Gasteiger charge is 2.18. The van der Waals surface area contributed by atoms with E-state index in [1.807, 2.05) is 0 Å². The maximum Gasteiger partial charge on any atom is 0.327 e. The number of thioether (sulfide) groups is 1. The molecule has 0 aliphatic carbocycles. The van der Waals surface area contributed by atoms with Gasteiger partial charge in [0.25, 0.3) is 0 Å². The van der Waals surface area contributed by atoms with Gasteiger partial charge in [-0.3, -0.25) is 4.79 Å². The molecule has 0 amide bonds. The lowest BCUT2D eigenvalue weighted by molar-refractivity contribution is -0.139. The molecule has 0 aromatic rings. The lowest BCUT2D eigenvalue weighted by atomic mass is 10.1. The van der Waals surface area contributed by atoms with Gasteiger partial charge in [-0.15, -0.1) is 0 Å². The first kappa shape index (κ1) is 28.2. The zero-order valence-electron chi connectivity index (χ0n) is 18.5. The van der Waals surface area contributed by atoms with E-state index < -0.39 is 18.0 Å². The van der Waals surface area contributed by atoms with Gasteiger partial charge in [-0.2, -0.15) is 11.8 Å². The fourth-order valence-corrected chi connectivity index (χ4v) is 3.64. The summed E-state index contributed by atoms with van der Waals surface area (Å²) in [6.07, 6.45) is 10.8. The Labute approximate surface area is 190 Å². The highest BCUT2D eigenvalue weighted by molar-refractivity contribution is 7.99. The first-order valence-electron chi connectivity index (χ1n) is 10.1. The van der Waals surface area contributed by atoms with Crippen molar-refractivity contribution < 1.29 is 19.8 Å². The van der Waals surface area contributed by atoms with Crippen LogP contribution in [0, 0.1) is 0 Å². The second-order valence-electron chi connectivity index (χ2n) is 7.43. The summed E-state index contributed by atoms with van der Waals surface area (Å²) in [4.78, 5) is 21.9. The van der Waals surface area contributed by atoms with Crippen LogP contribution in [0.15, 0.2) is 34.9 Å². The van der Waals surface area contributed by atoms with Crippen molar-refractivity contribution in [3.8, 4) is 0 Å². The van der Waals surface area contributed by atoms with Crippen LogP contribution < -0.4 is 10.6 Å². The van der Waals surface area contributed by atoms with E-state index in [9.17, 15) is 14.7 Å². The molecule has 0 aliphatic rings. The van der Waals surface area contributed by atoms with E-state index in [1.54, 1.807) is 0 Å². The van der Waals surface area contributed by atoms with Crippen molar-refractivity contribution in [1.29, 1.82) is 0 Å². The van der Waals surface area contributed by atoms with Crippen LogP contribution in [0.4, 0.5) is 0 Å². The van der Waals surface area contributed by atoms with E-state index in [4.69, 9.17) is 17.3 Å². The molecule has 0 radical (unpaired) electrons. The number of carboxylic acid groups (broad SMARTS) is 2. The van der Waals surface area contributed by atoms with Crippen molar-refractivity contribution >= 4 is 41.0 Å². The number of hydrogen-bond donors (Lipinski definition) is 4. The molecule has 0 rings (SSSR count).